The number of ether oxygens (including phenoxy) is 1. The normalized spacial score (nSPS) is 12.2. The van der Waals surface area contributed by atoms with E-state index in [1.54, 1.807) is 7.11 Å². The molecule has 0 radical (unpaired) electrons. The Kier molecular flexibility index (Phi) is 6.08. The van der Waals surface area contributed by atoms with Crippen LogP contribution in [0.5, 0.6) is 5.75 Å². The first kappa shape index (κ1) is 16.8. The van der Waals surface area contributed by atoms with Crippen molar-refractivity contribution >= 4 is 38.5 Å². The molecule has 2 aromatic carbocycles. The molecule has 0 aliphatic carbocycles. The minimum absolute atomic E-state index is 0.122. The second-order valence-electron chi connectivity index (χ2n) is 4.89. The molecule has 4 heteroatoms. The first-order valence-corrected chi connectivity index (χ1v) is 8.76. The van der Waals surface area contributed by atoms with Crippen molar-refractivity contribution in [3.63, 3.8) is 0 Å². The third-order valence-corrected chi connectivity index (χ3v) is 4.94. The Bertz CT molecular complexity index is 630. The highest BCUT2D eigenvalue weighted by molar-refractivity contribution is 14.1. The number of methoxy groups -OCH3 is 1. The van der Waals surface area contributed by atoms with Gasteiger partial charge in [0.1, 0.15) is 5.75 Å². The van der Waals surface area contributed by atoms with Crippen molar-refractivity contribution in [3.05, 3.63) is 61.1 Å². The molecule has 112 valence electrons. The standard InChI is InChI=1S/C17H19BrINO/c1-4-20-17(12-6-5-7-13(19)9-12)14-10-15(18)11(2)8-16(14)21-3/h5-10,17,20H,4H2,1-3H3. The monoisotopic (exact) mass is 459 g/mol. The van der Waals surface area contributed by atoms with Crippen LogP contribution in [0.4, 0.5) is 0 Å². The predicted octanol–water partition coefficient (Wildman–Crippen LogP) is 5.07. The first-order chi connectivity index (χ1) is 10.1. The molecule has 0 saturated carbocycles. The largest absolute Gasteiger partial charge is 0.496 e. The Morgan fingerprint density at radius 2 is 2.05 bits per heavy atom. The van der Waals surface area contributed by atoms with Gasteiger partial charge >= 0.3 is 0 Å². The van der Waals surface area contributed by atoms with Crippen LogP contribution in [-0.4, -0.2) is 13.7 Å². The summed E-state index contributed by atoms with van der Waals surface area (Å²) in [6.07, 6.45) is 0. The molecular formula is C17H19BrINO. The zero-order chi connectivity index (χ0) is 15.4. The predicted molar refractivity (Wildman–Crippen MR) is 100 cm³/mol. The van der Waals surface area contributed by atoms with Crippen molar-refractivity contribution in [2.75, 3.05) is 13.7 Å². The van der Waals surface area contributed by atoms with Crippen molar-refractivity contribution in [1.82, 2.24) is 5.32 Å². The molecular weight excluding hydrogens is 441 g/mol. The topological polar surface area (TPSA) is 21.3 Å². The summed E-state index contributed by atoms with van der Waals surface area (Å²) in [7, 11) is 1.73. The van der Waals surface area contributed by atoms with Crippen LogP contribution in [-0.2, 0) is 0 Å². The van der Waals surface area contributed by atoms with Crippen LogP contribution >= 0.6 is 38.5 Å². The summed E-state index contributed by atoms with van der Waals surface area (Å²) in [4.78, 5) is 0. The lowest BCUT2D eigenvalue weighted by atomic mass is 9.96. The summed E-state index contributed by atoms with van der Waals surface area (Å²) in [6.45, 7) is 5.09. The Labute approximate surface area is 148 Å². The number of nitrogens with one attached hydrogen (secondary N) is 1. The van der Waals surface area contributed by atoms with Crippen molar-refractivity contribution < 1.29 is 4.74 Å². The summed E-state index contributed by atoms with van der Waals surface area (Å²) in [5, 5.41) is 3.56. The van der Waals surface area contributed by atoms with E-state index in [-0.39, 0.29) is 6.04 Å². The Morgan fingerprint density at radius 1 is 1.29 bits per heavy atom. The molecule has 0 bridgehead atoms. The summed E-state index contributed by atoms with van der Waals surface area (Å²) in [5.41, 5.74) is 3.57. The first-order valence-electron chi connectivity index (χ1n) is 6.89. The zero-order valence-electron chi connectivity index (χ0n) is 12.4. The van der Waals surface area contributed by atoms with Gasteiger partial charge in [0.05, 0.1) is 13.2 Å². The van der Waals surface area contributed by atoms with E-state index < -0.39 is 0 Å². The summed E-state index contributed by atoms with van der Waals surface area (Å²) in [5.74, 6) is 0.917. The van der Waals surface area contributed by atoms with Gasteiger partial charge in [-0.3, -0.25) is 0 Å². The maximum atomic E-state index is 5.60. The van der Waals surface area contributed by atoms with Gasteiger partial charge in [-0.1, -0.05) is 35.0 Å². The SMILES string of the molecule is CCNC(c1cccc(I)c1)c1cc(Br)c(C)cc1OC. The summed E-state index contributed by atoms with van der Waals surface area (Å²) >= 11 is 5.98. The lowest BCUT2D eigenvalue weighted by Crippen LogP contribution is -2.22. The van der Waals surface area contributed by atoms with Crippen LogP contribution in [0, 0.1) is 10.5 Å². The third kappa shape index (κ3) is 3.99. The van der Waals surface area contributed by atoms with E-state index in [2.05, 4.69) is 94.1 Å². The maximum Gasteiger partial charge on any atom is 0.124 e. The molecule has 0 fully saturated rings. The van der Waals surface area contributed by atoms with Crippen LogP contribution in [0.15, 0.2) is 40.9 Å². The van der Waals surface area contributed by atoms with Crippen molar-refractivity contribution in [2.24, 2.45) is 0 Å². The molecule has 2 rings (SSSR count). The van der Waals surface area contributed by atoms with Gasteiger partial charge in [-0.2, -0.15) is 0 Å². The number of hydrogen-bond acceptors (Lipinski definition) is 2. The van der Waals surface area contributed by atoms with Gasteiger partial charge < -0.3 is 10.1 Å². The highest BCUT2D eigenvalue weighted by Gasteiger charge is 2.19. The molecule has 2 aromatic rings. The van der Waals surface area contributed by atoms with E-state index in [4.69, 9.17) is 4.74 Å². The fraction of sp³-hybridized carbons (Fsp3) is 0.294. The molecule has 0 aromatic heterocycles. The number of hydrogen-bond donors (Lipinski definition) is 1. The van der Waals surface area contributed by atoms with Gasteiger partial charge in [0.15, 0.2) is 0 Å². The number of benzene rings is 2. The molecule has 0 heterocycles. The lowest BCUT2D eigenvalue weighted by molar-refractivity contribution is 0.404. The molecule has 0 spiro atoms. The Hall–Kier alpha value is -0.590. The van der Waals surface area contributed by atoms with Gasteiger partial charge in [-0.05, 0) is 71.5 Å². The molecule has 1 unspecified atom stereocenters. The van der Waals surface area contributed by atoms with E-state index in [1.165, 1.54) is 14.7 Å². The van der Waals surface area contributed by atoms with Gasteiger partial charge in [0, 0.05) is 13.6 Å². The van der Waals surface area contributed by atoms with Gasteiger partial charge in [0.25, 0.3) is 0 Å². The molecule has 0 saturated heterocycles. The van der Waals surface area contributed by atoms with Crippen molar-refractivity contribution in [2.45, 2.75) is 19.9 Å². The second-order valence-corrected chi connectivity index (χ2v) is 6.99. The van der Waals surface area contributed by atoms with Crippen LogP contribution in [0.1, 0.15) is 29.7 Å². The fourth-order valence-corrected chi connectivity index (χ4v) is 3.30. The second kappa shape index (κ2) is 7.61. The minimum Gasteiger partial charge on any atom is -0.496 e. The highest BCUT2D eigenvalue weighted by atomic mass is 127. The van der Waals surface area contributed by atoms with Gasteiger partial charge in [0.2, 0.25) is 0 Å². The molecule has 0 aliphatic heterocycles. The van der Waals surface area contributed by atoms with Crippen LogP contribution in [0.25, 0.3) is 0 Å². The maximum absolute atomic E-state index is 5.60. The number of halogens is 2. The minimum atomic E-state index is 0.122. The molecule has 0 amide bonds. The van der Waals surface area contributed by atoms with E-state index in [1.807, 2.05) is 0 Å². The van der Waals surface area contributed by atoms with Gasteiger partial charge in [-0.15, -0.1) is 0 Å². The summed E-state index contributed by atoms with van der Waals surface area (Å²) < 4.78 is 7.94. The molecule has 0 aliphatic rings. The molecule has 21 heavy (non-hydrogen) atoms. The molecule has 2 nitrogen and oxygen atoms in total. The van der Waals surface area contributed by atoms with Crippen molar-refractivity contribution in [1.29, 1.82) is 0 Å². The van der Waals surface area contributed by atoms with Gasteiger partial charge in [-0.25, -0.2) is 0 Å². The average molecular weight is 460 g/mol. The number of rotatable bonds is 5. The smallest absolute Gasteiger partial charge is 0.124 e. The van der Waals surface area contributed by atoms with E-state index in [0.29, 0.717) is 0 Å². The van der Waals surface area contributed by atoms with Crippen LogP contribution in [0.2, 0.25) is 0 Å². The highest BCUT2D eigenvalue weighted by Crippen LogP contribution is 2.34. The van der Waals surface area contributed by atoms with Crippen molar-refractivity contribution in [3.8, 4) is 5.75 Å². The Balaban J connectivity index is 2.55. The lowest BCUT2D eigenvalue weighted by Gasteiger charge is -2.22. The quantitative estimate of drug-likeness (QED) is 0.630. The average Bonchev–Trinajstić information content (AvgIpc) is 2.47. The van der Waals surface area contributed by atoms with E-state index in [9.17, 15) is 0 Å². The molecule has 1 atom stereocenters. The van der Waals surface area contributed by atoms with Crippen LogP contribution < -0.4 is 10.1 Å². The van der Waals surface area contributed by atoms with E-state index >= 15 is 0 Å². The summed E-state index contributed by atoms with van der Waals surface area (Å²) in [6, 6.07) is 12.9. The Morgan fingerprint density at radius 3 is 2.67 bits per heavy atom. The fourth-order valence-electron chi connectivity index (χ4n) is 2.37. The molecule has 1 N–H and O–H groups in total. The number of aryl methyl sites for hydroxylation is 1. The third-order valence-electron chi connectivity index (χ3n) is 3.41. The van der Waals surface area contributed by atoms with Crippen LogP contribution in [0.3, 0.4) is 0 Å². The van der Waals surface area contributed by atoms with E-state index in [0.717, 1.165) is 22.3 Å². The zero-order valence-corrected chi connectivity index (χ0v) is 16.2.